The van der Waals surface area contributed by atoms with Crippen molar-refractivity contribution < 1.29 is 22.8 Å². The van der Waals surface area contributed by atoms with Crippen LogP contribution in [0.5, 0.6) is 5.75 Å². The van der Waals surface area contributed by atoms with Crippen LogP contribution in [-0.2, 0) is 18.4 Å². The molecule has 0 fully saturated rings. The second-order valence-electron chi connectivity index (χ2n) is 6.52. The fourth-order valence-corrected chi connectivity index (χ4v) is 4.86. The number of esters is 1. The van der Waals surface area contributed by atoms with Gasteiger partial charge in [-0.3, -0.25) is 0 Å². The van der Waals surface area contributed by atoms with Crippen LogP contribution < -0.4 is 4.43 Å². The molecular formula is C21H34O5Si. The maximum atomic E-state index is 11.6. The number of carbonyl (C=O) groups is 1. The minimum absolute atomic E-state index is 0.298. The van der Waals surface area contributed by atoms with E-state index in [4.69, 9.17) is 18.0 Å². The third kappa shape index (κ3) is 9.75. The second kappa shape index (κ2) is 13.5. The SMILES string of the molecule is C=C(C)C(=O)OCCC[Si](OCCCC)(OCCCC)Oc1ccccc1. The number of carbonyl (C=O) groups excluding carboxylic acids is 1. The molecular weight excluding hydrogens is 360 g/mol. The van der Waals surface area contributed by atoms with E-state index >= 15 is 0 Å². The number of unbranched alkanes of at least 4 members (excludes halogenated alkanes) is 2. The molecule has 0 bridgehead atoms. The number of para-hydroxylation sites is 1. The van der Waals surface area contributed by atoms with Gasteiger partial charge in [0, 0.05) is 24.8 Å². The van der Waals surface area contributed by atoms with Crippen LogP contribution in [-0.4, -0.2) is 34.6 Å². The van der Waals surface area contributed by atoms with Crippen LogP contribution in [0.15, 0.2) is 42.5 Å². The third-order valence-electron chi connectivity index (χ3n) is 3.87. The maximum Gasteiger partial charge on any atom is 0.566 e. The van der Waals surface area contributed by atoms with Gasteiger partial charge in [0.2, 0.25) is 0 Å². The van der Waals surface area contributed by atoms with E-state index in [0.29, 0.717) is 37.9 Å². The number of hydrogen-bond donors (Lipinski definition) is 0. The summed E-state index contributed by atoms with van der Waals surface area (Å²) in [6.45, 7) is 11.0. The second-order valence-corrected chi connectivity index (χ2v) is 9.17. The van der Waals surface area contributed by atoms with Gasteiger partial charge in [0.25, 0.3) is 0 Å². The summed E-state index contributed by atoms with van der Waals surface area (Å²) in [6, 6.07) is 10.2. The van der Waals surface area contributed by atoms with E-state index in [1.165, 1.54) is 0 Å². The molecule has 0 heterocycles. The molecule has 0 radical (unpaired) electrons. The summed E-state index contributed by atoms with van der Waals surface area (Å²) in [6.07, 6.45) is 4.61. The minimum Gasteiger partial charge on any atom is -0.501 e. The molecule has 27 heavy (non-hydrogen) atoms. The molecule has 1 aromatic rings. The molecule has 0 unspecified atom stereocenters. The van der Waals surface area contributed by atoms with Gasteiger partial charge in [-0.05, 0) is 38.3 Å². The van der Waals surface area contributed by atoms with Gasteiger partial charge in [-0.15, -0.1) is 0 Å². The molecule has 6 heteroatoms. The van der Waals surface area contributed by atoms with E-state index in [-0.39, 0.29) is 5.97 Å². The van der Waals surface area contributed by atoms with Gasteiger partial charge in [0.1, 0.15) is 5.75 Å². The summed E-state index contributed by atoms with van der Waals surface area (Å²) in [5.41, 5.74) is 0.400. The Labute approximate surface area is 165 Å². The van der Waals surface area contributed by atoms with Gasteiger partial charge in [0.15, 0.2) is 0 Å². The summed E-state index contributed by atoms with van der Waals surface area (Å²) >= 11 is 0. The Morgan fingerprint density at radius 1 is 0.963 bits per heavy atom. The average molecular weight is 395 g/mol. The van der Waals surface area contributed by atoms with E-state index in [0.717, 1.165) is 31.4 Å². The first-order valence-corrected chi connectivity index (χ1v) is 11.8. The molecule has 5 nitrogen and oxygen atoms in total. The van der Waals surface area contributed by atoms with Crippen molar-refractivity contribution >= 4 is 14.8 Å². The summed E-state index contributed by atoms with van der Waals surface area (Å²) in [5.74, 6) is 0.376. The van der Waals surface area contributed by atoms with Crippen molar-refractivity contribution in [1.29, 1.82) is 0 Å². The van der Waals surface area contributed by atoms with Crippen LogP contribution in [0.1, 0.15) is 52.9 Å². The highest BCUT2D eigenvalue weighted by Crippen LogP contribution is 2.23. The summed E-state index contributed by atoms with van der Waals surface area (Å²) < 4.78 is 23.9. The van der Waals surface area contributed by atoms with E-state index in [1.54, 1.807) is 6.92 Å². The molecule has 0 aliphatic rings. The number of rotatable bonds is 15. The zero-order valence-corrected chi connectivity index (χ0v) is 18.0. The molecule has 0 saturated heterocycles. The first kappa shape index (κ1) is 23.4. The lowest BCUT2D eigenvalue weighted by Crippen LogP contribution is -2.49. The Bertz CT molecular complexity index is 537. The zero-order valence-electron chi connectivity index (χ0n) is 17.0. The lowest BCUT2D eigenvalue weighted by atomic mass is 10.3. The number of ether oxygens (including phenoxy) is 1. The molecule has 0 aromatic heterocycles. The fraction of sp³-hybridized carbons (Fsp3) is 0.571. The normalized spacial score (nSPS) is 11.2. The molecule has 0 amide bonds. The van der Waals surface area contributed by atoms with Gasteiger partial charge >= 0.3 is 14.8 Å². The number of benzene rings is 1. The van der Waals surface area contributed by atoms with Crippen LogP contribution in [0, 0.1) is 0 Å². The average Bonchev–Trinajstić information content (AvgIpc) is 2.66. The van der Waals surface area contributed by atoms with Crippen LogP contribution >= 0.6 is 0 Å². The maximum absolute atomic E-state index is 11.6. The Hall–Kier alpha value is -1.63. The van der Waals surface area contributed by atoms with Crippen molar-refractivity contribution in [2.75, 3.05) is 19.8 Å². The van der Waals surface area contributed by atoms with Crippen molar-refractivity contribution in [1.82, 2.24) is 0 Å². The summed E-state index contributed by atoms with van der Waals surface area (Å²) in [4.78, 5) is 11.6. The largest absolute Gasteiger partial charge is 0.566 e. The molecule has 0 atom stereocenters. The Kier molecular flexibility index (Phi) is 11.7. The van der Waals surface area contributed by atoms with Crippen molar-refractivity contribution in [2.45, 2.75) is 58.9 Å². The molecule has 0 N–H and O–H groups in total. The van der Waals surface area contributed by atoms with E-state index < -0.39 is 8.80 Å². The molecule has 0 aliphatic heterocycles. The highest BCUT2D eigenvalue weighted by atomic mass is 28.4. The Balaban J connectivity index is 2.79. The van der Waals surface area contributed by atoms with Crippen molar-refractivity contribution in [3.05, 3.63) is 42.5 Å². The summed E-state index contributed by atoms with van der Waals surface area (Å²) in [7, 11) is -2.92. The first-order chi connectivity index (χ1) is 13.0. The first-order valence-electron chi connectivity index (χ1n) is 9.87. The van der Waals surface area contributed by atoms with Crippen molar-refractivity contribution in [3.63, 3.8) is 0 Å². The lowest BCUT2D eigenvalue weighted by molar-refractivity contribution is -0.139. The monoisotopic (exact) mass is 394 g/mol. The molecule has 0 saturated carbocycles. The van der Waals surface area contributed by atoms with Crippen LogP contribution in [0.2, 0.25) is 6.04 Å². The zero-order chi connectivity index (χ0) is 20.0. The predicted molar refractivity (Wildman–Crippen MR) is 110 cm³/mol. The minimum atomic E-state index is -2.92. The van der Waals surface area contributed by atoms with Crippen LogP contribution in [0.25, 0.3) is 0 Å². The molecule has 0 spiro atoms. The Morgan fingerprint density at radius 2 is 1.56 bits per heavy atom. The van der Waals surface area contributed by atoms with E-state index in [1.807, 2.05) is 30.3 Å². The molecule has 0 aliphatic carbocycles. The lowest BCUT2D eigenvalue weighted by Gasteiger charge is -2.30. The summed E-state index contributed by atoms with van der Waals surface area (Å²) in [5, 5.41) is 0. The quantitative estimate of drug-likeness (QED) is 0.178. The van der Waals surface area contributed by atoms with Crippen LogP contribution in [0.4, 0.5) is 0 Å². The standard InChI is InChI=1S/C21H34O5Si/c1-5-7-16-24-27(25-17-8-6-2,26-20-13-10-9-11-14-20)18-12-15-23-21(22)19(3)4/h9-11,13-14H,3,5-8,12,15-18H2,1-2,4H3. The smallest absolute Gasteiger partial charge is 0.501 e. The van der Waals surface area contributed by atoms with Gasteiger partial charge in [-0.2, -0.15) is 0 Å². The molecule has 1 aromatic carbocycles. The Morgan fingerprint density at radius 3 is 2.07 bits per heavy atom. The van der Waals surface area contributed by atoms with E-state index in [9.17, 15) is 4.79 Å². The van der Waals surface area contributed by atoms with Gasteiger partial charge in [-0.1, -0.05) is 51.5 Å². The van der Waals surface area contributed by atoms with Gasteiger partial charge in [-0.25, -0.2) is 4.79 Å². The topological polar surface area (TPSA) is 54.0 Å². The number of hydrogen-bond acceptors (Lipinski definition) is 5. The highest BCUT2D eigenvalue weighted by Gasteiger charge is 2.43. The van der Waals surface area contributed by atoms with Gasteiger partial charge < -0.3 is 18.0 Å². The highest BCUT2D eigenvalue weighted by molar-refractivity contribution is 6.61. The van der Waals surface area contributed by atoms with Crippen molar-refractivity contribution in [2.24, 2.45) is 0 Å². The van der Waals surface area contributed by atoms with Gasteiger partial charge in [0.05, 0.1) is 6.61 Å². The fourth-order valence-electron chi connectivity index (χ4n) is 2.28. The van der Waals surface area contributed by atoms with E-state index in [2.05, 4.69) is 20.4 Å². The third-order valence-corrected chi connectivity index (χ3v) is 6.67. The van der Waals surface area contributed by atoms with Crippen molar-refractivity contribution in [3.8, 4) is 5.75 Å². The predicted octanol–water partition coefficient (Wildman–Crippen LogP) is 5.15. The molecule has 1 rings (SSSR count). The van der Waals surface area contributed by atoms with Crippen LogP contribution in [0.3, 0.4) is 0 Å². The molecule has 152 valence electrons.